The number of furan rings is 1. The number of hydrogen-bond acceptors (Lipinski definition) is 3. The zero-order valence-electron chi connectivity index (χ0n) is 9.41. The summed E-state index contributed by atoms with van der Waals surface area (Å²) in [6.07, 6.45) is 3.47. The minimum absolute atomic E-state index is 0.556. The van der Waals surface area contributed by atoms with E-state index in [2.05, 4.69) is 24.0 Å². The Kier molecular flexibility index (Phi) is 3.44. The molecule has 1 aliphatic heterocycles. The van der Waals surface area contributed by atoms with Crippen molar-refractivity contribution in [2.24, 2.45) is 5.73 Å². The third-order valence-electron chi connectivity index (χ3n) is 3.20. The summed E-state index contributed by atoms with van der Waals surface area (Å²) in [6.45, 7) is 4.95. The highest BCUT2D eigenvalue weighted by atomic mass is 16.3. The number of rotatable bonds is 4. The van der Waals surface area contributed by atoms with Crippen molar-refractivity contribution in [3.8, 4) is 0 Å². The number of likely N-dealkylation sites (tertiary alicyclic amines) is 1. The lowest BCUT2D eigenvalue weighted by molar-refractivity contribution is 0.228. The van der Waals surface area contributed by atoms with Gasteiger partial charge in [0, 0.05) is 19.0 Å². The second kappa shape index (κ2) is 4.81. The van der Waals surface area contributed by atoms with Gasteiger partial charge < -0.3 is 10.2 Å². The lowest BCUT2D eigenvalue weighted by Crippen LogP contribution is -2.34. The molecular formula is C12H20N2O. The van der Waals surface area contributed by atoms with Gasteiger partial charge in [-0.1, -0.05) is 6.92 Å². The Labute approximate surface area is 91.2 Å². The Morgan fingerprint density at radius 2 is 2.27 bits per heavy atom. The maximum atomic E-state index is 5.74. The van der Waals surface area contributed by atoms with Crippen molar-refractivity contribution in [1.82, 2.24) is 4.90 Å². The van der Waals surface area contributed by atoms with Crippen LogP contribution >= 0.6 is 0 Å². The van der Waals surface area contributed by atoms with E-state index in [1.54, 1.807) is 0 Å². The predicted molar refractivity (Wildman–Crippen MR) is 60.6 cm³/mol. The number of hydrogen-bond donors (Lipinski definition) is 1. The molecule has 1 unspecified atom stereocenters. The molecule has 0 bridgehead atoms. The van der Waals surface area contributed by atoms with Crippen molar-refractivity contribution in [2.45, 2.75) is 38.8 Å². The Balaban J connectivity index is 1.95. The molecule has 1 aliphatic rings. The average molecular weight is 208 g/mol. The summed E-state index contributed by atoms with van der Waals surface area (Å²) in [5, 5.41) is 0. The van der Waals surface area contributed by atoms with E-state index in [4.69, 9.17) is 10.2 Å². The average Bonchev–Trinajstić information content (AvgIpc) is 2.87. The van der Waals surface area contributed by atoms with E-state index in [1.807, 2.05) is 0 Å². The maximum absolute atomic E-state index is 5.74. The molecule has 0 aromatic carbocycles. The van der Waals surface area contributed by atoms with Gasteiger partial charge in [0.25, 0.3) is 0 Å². The minimum Gasteiger partial charge on any atom is -0.465 e. The van der Waals surface area contributed by atoms with E-state index < -0.39 is 0 Å². The largest absolute Gasteiger partial charge is 0.465 e. The van der Waals surface area contributed by atoms with Gasteiger partial charge >= 0.3 is 0 Å². The molecule has 84 valence electrons. The minimum atomic E-state index is 0.556. The van der Waals surface area contributed by atoms with Gasteiger partial charge in [-0.25, -0.2) is 0 Å². The molecule has 1 aromatic rings. The van der Waals surface area contributed by atoms with E-state index in [0.29, 0.717) is 6.04 Å². The summed E-state index contributed by atoms with van der Waals surface area (Å²) < 4.78 is 5.71. The van der Waals surface area contributed by atoms with E-state index in [1.165, 1.54) is 12.8 Å². The fourth-order valence-electron chi connectivity index (χ4n) is 2.27. The van der Waals surface area contributed by atoms with Crippen LogP contribution in [0.2, 0.25) is 0 Å². The smallest absolute Gasteiger partial charge is 0.118 e. The summed E-state index contributed by atoms with van der Waals surface area (Å²) >= 11 is 0. The van der Waals surface area contributed by atoms with Crippen molar-refractivity contribution < 1.29 is 4.42 Å². The standard InChI is InChI=1S/C12H20N2O/c1-2-11-5-6-12(15-11)9-14-7-3-4-10(14)8-13/h5-6,10H,2-4,7-9,13H2,1H3. The highest BCUT2D eigenvalue weighted by Gasteiger charge is 2.23. The molecule has 0 saturated carbocycles. The molecule has 1 saturated heterocycles. The Morgan fingerprint density at radius 1 is 1.47 bits per heavy atom. The SMILES string of the molecule is CCc1ccc(CN2CCCC2CN)o1. The van der Waals surface area contributed by atoms with Gasteiger partial charge in [-0.2, -0.15) is 0 Å². The predicted octanol–water partition coefficient (Wildman–Crippen LogP) is 1.77. The molecule has 0 radical (unpaired) electrons. The topological polar surface area (TPSA) is 42.4 Å². The van der Waals surface area contributed by atoms with Gasteiger partial charge in [0.05, 0.1) is 6.54 Å². The van der Waals surface area contributed by atoms with Gasteiger partial charge in [-0.05, 0) is 31.5 Å². The maximum Gasteiger partial charge on any atom is 0.118 e. The molecule has 15 heavy (non-hydrogen) atoms. The molecule has 2 N–H and O–H groups in total. The molecule has 0 spiro atoms. The fourth-order valence-corrected chi connectivity index (χ4v) is 2.27. The molecule has 3 nitrogen and oxygen atoms in total. The second-order valence-corrected chi connectivity index (χ2v) is 4.22. The van der Waals surface area contributed by atoms with Crippen LogP contribution < -0.4 is 5.73 Å². The van der Waals surface area contributed by atoms with Crippen LogP contribution in [-0.4, -0.2) is 24.0 Å². The first kappa shape index (κ1) is 10.7. The van der Waals surface area contributed by atoms with Crippen LogP contribution in [0.4, 0.5) is 0 Å². The Bertz CT molecular complexity index is 308. The third-order valence-corrected chi connectivity index (χ3v) is 3.20. The van der Waals surface area contributed by atoms with Crippen LogP contribution in [0.3, 0.4) is 0 Å². The van der Waals surface area contributed by atoms with Crippen molar-refractivity contribution in [1.29, 1.82) is 0 Å². The number of nitrogens with two attached hydrogens (primary N) is 1. The highest BCUT2D eigenvalue weighted by molar-refractivity contribution is 5.07. The molecule has 3 heteroatoms. The fraction of sp³-hybridized carbons (Fsp3) is 0.667. The highest BCUT2D eigenvalue weighted by Crippen LogP contribution is 2.20. The van der Waals surface area contributed by atoms with Crippen LogP contribution in [-0.2, 0) is 13.0 Å². The van der Waals surface area contributed by atoms with Gasteiger partial charge in [-0.15, -0.1) is 0 Å². The summed E-state index contributed by atoms with van der Waals surface area (Å²) in [5.41, 5.74) is 5.74. The molecular weight excluding hydrogens is 188 g/mol. The quantitative estimate of drug-likeness (QED) is 0.820. The van der Waals surface area contributed by atoms with E-state index in [0.717, 1.165) is 37.6 Å². The Morgan fingerprint density at radius 3 is 2.93 bits per heavy atom. The zero-order valence-corrected chi connectivity index (χ0v) is 9.41. The Hall–Kier alpha value is -0.800. The molecule has 2 heterocycles. The van der Waals surface area contributed by atoms with Gasteiger partial charge in [0.1, 0.15) is 11.5 Å². The number of aryl methyl sites for hydroxylation is 1. The third kappa shape index (κ3) is 2.41. The first-order chi connectivity index (χ1) is 7.33. The van der Waals surface area contributed by atoms with Crippen LogP contribution in [0.15, 0.2) is 16.5 Å². The van der Waals surface area contributed by atoms with E-state index >= 15 is 0 Å². The first-order valence-electron chi connectivity index (χ1n) is 5.85. The van der Waals surface area contributed by atoms with E-state index in [-0.39, 0.29) is 0 Å². The van der Waals surface area contributed by atoms with E-state index in [9.17, 15) is 0 Å². The van der Waals surface area contributed by atoms with Crippen LogP contribution in [0.5, 0.6) is 0 Å². The monoisotopic (exact) mass is 208 g/mol. The summed E-state index contributed by atoms with van der Waals surface area (Å²) in [6, 6.07) is 4.72. The molecule has 0 amide bonds. The molecule has 0 aliphatic carbocycles. The molecule has 1 aromatic heterocycles. The van der Waals surface area contributed by atoms with Crippen LogP contribution in [0.1, 0.15) is 31.3 Å². The van der Waals surface area contributed by atoms with Gasteiger partial charge in [-0.3, -0.25) is 4.90 Å². The number of nitrogens with zero attached hydrogens (tertiary/aromatic N) is 1. The van der Waals surface area contributed by atoms with Crippen molar-refractivity contribution in [3.63, 3.8) is 0 Å². The lowest BCUT2D eigenvalue weighted by atomic mass is 10.2. The molecule has 2 rings (SSSR count). The summed E-state index contributed by atoms with van der Waals surface area (Å²) in [7, 11) is 0. The normalized spacial score (nSPS) is 22.4. The van der Waals surface area contributed by atoms with Crippen LogP contribution in [0, 0.1) is 0 Å². The van der Waals surface area contributed by atoms with Crippen molar-refractivity contribution >= 4 is 0 Å². The van der Waals surface area contributed by atoms with Crippen molar-refractivity contribution in [2.75, 3.05) is 13.1 Å². The van der Waals surface area contributed by atoms with Gasteiger partial charge in [0.15, 0.2) is 0 Å². The molecule has 1 atom stereocenters. The lowest BCUT2D eigenvalue weighted by Gasteiger charge is -2.21. The second-order valence-electron chi connectivity index (χ2n) is 4.22. The summed E-state index contributed by atoms with van der Waals surface area (Å²) in [4.78, 5) is 2.43. The van der Waals surface area contributed by atoms with Crippen LogP contribution in [0.25, 0.3) is 0 Å². The first-order valence-corrected chi connectivity index (χ1v) is 5.85. The van der Waals surface area contributed by atoms with Gasteiger partial charge in [0.2, 0.25) is 0 Å². The zero-order chi connectivity index (χ0) is 10.7. The van der Waals surface area contributed by atoms with Crippen molar-refractivity contribution in [3.05, 3.63) is 23.7 Å². The molecule has 1 fully saturated rings. The summed E-state index contributed by atoms with van der Waals surface area (Å²) in [5.74, 6) is 2.15.